The summed E-state index contributed by atoms with van der Waals surface area (Å²) in [5, 5.41) is 8.81. The van der Waals surface area contributed by atoms with Crippen LogP contribution in [0.5, 0.6) is 0 Å². The van der Waals surface area contributed by atoms with Crippen molar-refractivity contribution < 1.29 is 9.21 Å². The summed E-state index contributed by atoms with van der Waals surface area (Å²) in [6.07, 6.45) is 8.40. The molecule has 1 aliphatic heterocycles. The fraction of sp³-hybridized carbons (Fsp3) is 0.591. The van der Waals surface area contributed by atoms with Crippen LogP contribution in [0.25, 0.3) is 10.8 Å². The van der Waals surface area contributed by atoms with Crippen molar-refractivity contribution in [2.45, 2.75) is 58.0 Å². The normalized spacial score (nSPS) is 19.8. The van der Waals surface area contributed by atoms with Crippen LogP contribution in [0.4, 0.5) is 0 Å². The summed E-state index contributed by atoms with van der Waals surface area (Å²) in [4.78, 5) is 25.1. The molecule has 2 N–H and O–H groups in total. The molecule has 7 nitrogen and oxygen atoms in total. The molecule has 4 rings (SSSR count). The Balaban J connectivity index is 0.00000272. The Bertz CT molecular complexity index is 848. The van der Waals surface area contributed by atoms with Crippen molar-refractivity contribution in [1.29, 1.82) is 0 Å². The van der Waals surface area contributed by atoms with Crippen molar-refractivity contribution in [3.8, 4) is 10.8 Å². The number of nitrogens with zero attached hydrogens (tertiary/aromatic N) is 3. The number of thiophene rings is 1. The highest BCUT2D eigenvalue weighted by atomic mass is 127. The average Bonchev–Trinajstić information content (AvgIpc) is 3.54. The molecule has 2 aromatic heterocycles. The molecule has 1 amide bonds. The number of hydrogen-bond donors (Lipinski definition) is 2. The lowest BCUT2D eigenvalue weighted by atomic mass is 9.88. The predicted octanol–water partition coefficient (Wildman–Crippen LogP) is 4.26. The monoisotopic (exact) mass is 557 g/mol. The van der Waals surface area contributed by atoms with Gasteiger partial charge in [-0.15, -0.1) is 35.3 Å². The van der Waals surface area contributed by atoms with Crippen molar-refractivity contribution in [2.75, 3.05) is 19.6 Å². The molecule has 2 fully saturated rings. The Labute approximate surface area is 205 Å². The lowest BCUT2D eigenvalue weighted by Gasteiger charge is -2.26. The Morgan fingerprint density at radius 1 is 1.32 bits per heavy atom. The Kier molecular flexibility index (Phi) is 9.18. The maximum absolute atomic E-state index is 12.8. The zero-order valence-corrected chi connectivity index (χ0v) is 21.2. The van der Waals surface area contributed by atoms with E-state index in [2.05, 4.69) is 27.5 Å². The van der Waals surface area contributed by atoms with E-state index in [0.717, 1.165) is 55.4 Å². The van der Waals surface area contributed by atoms with Gasteiger partial charge in [0.15, 0.2) is 5.96 Å². The van der Waals surface area contributed by atoms with Gasteiger partial charge in [0.2, 0.25) is 11.8 Å². The van der Waals surface area contributed by atoms with Crippen LogP contribution in [0.3, 0.4) is 0 Å². The first-order valence-electron chi connectivity index (χ1n) is 11.0. The van der Waals surface area contributed by atoms with Gasteiger partial charge in [-0.25, -0.2) is 9.98 Å². The summed E-state index contributed by atoms with van der Waals surface area (Å²) in [5.41, 5.74) is 0.802. The molecular weight excluding hydrogens is 525 g/mol. The number of guanidine groups is 1. The van der Waals surface area contributed by atoms with Crippen molar-refractivity contribution >= 4 is 47.2 Å². The minimum Gasteiger partial charge on any atom is -0.443 e. The Morgan fingerprint density at radius 2 is 2.16 bits per heavy atom. The zero-order chi connectivity index (χ0) is 20.8. The van der Waals surface area contributed by atoms with Crippen LogP contribution in [0.1, 0.15) is 51.1 Å². The third-order valence-electron chi connectivity index (χ3n) is 5.82. The molecule has 0 aromatic carbocycles. The maximum atomic E-state index is 12.8. The molecule has 3 heterocycles. The lowest BCUT2D eigenvalue weighted by Crippen LogP contribution is -2.45. The molecule has 1 saturated carbocycles. The quantitative estimate of drug-likeness (QED) is 0.315. The van der Waals surface area contributed by atoms with Crippen LogP contribution >= 0.6 is 35.3 Å². The molecule has 0 spiro atoms. The molecule has 1 saturated heterocycles. The van der Waals surface area contributed by atoms with Gasteiger partial charge in [0.1, 0.15) is 12.0 Å². The maximum Gasteiger partial charge on any atom is 0.236 e. The van der Waals surface area contributed by atoms with E-state index in [4.69, 9.17) is 4.42 Å². The third kappa shape index (κ3) is 6.44. The molecule has 0 bridgehead atoms. The largest absolute Gasteiger partial charge is 0.443 e. The molecule has 1 atom stereocenters. The second-order valence-corrected chi connectivity index (χ2v) is 9.01. The van der Waals surface area contributed by atoms with Gasteiger partial charge in [-0.2, -0.15) is 0 Å². The van der Waals surface area contributed by atoms with Crippen LogP contribution in [0.2, 0.25) is 0 Å². The van der Waals surface area contributed by atoms with Gasteiger partial charge in [-0.3, -0.25) is 4.79 Å². The summed E-state index contributed by atoms with van der Waals surface area (Å²) < 4.78 is 5.58. The Hall–Kier alpha value is -1.62. The summed E-state index contributed by atoms with van der Waals surface area (Å²) in [5.74, 6) is 1.99. The number of likely N-dealkylation sites (tertiary alicyclic amines) is 1. The van der Waals surface area contributed by atoms with Crippen molar-refractivity contribution in [1.82, 2.24) is 20.5 Å². The molecule has 31 heavy (non-hydrogen) atoms. The fourth-order valence-electron chi connectivity index (χ4n) is 4.25. The standard InChI is InChI=1S/C22H31N5O2S.HI/c1-2-23-22(24-13-18-15-29-20(25-18)19-9-6-12-30-19)26-17-10-11-27(14-17)21(28)16-7-4-3-5-8-16;/h6,9,12,15-17H,2-5,7-8,10-11,13-14H2,1H3,(H2,23,24,26);1H. The number of carbonyl (C=O) groups excluding carboxylic acids is 1. The van der Waals surface area contributed by atoms with Gasteiger partial charge >= 0.3 is 0 Å². The van der Waals surface area contributed by atoms with E-state index < -0.39 is 0 Å². The van der Waals surface area contributed by atoms with Crippen LogP contribution in [-0.2, 0) is 11.3 Å². The van der Waals surface area contributed by atoms with Gasteiger partial charge < -0.3 is 20.0 Å². The summed E-state index contributed by atoms with van der Waals surface area (Å²) in [6.45, 7) is 4.87. The lowest BCUT2D eigenvalue weighted by molar-refractivity contribution is -0.135. The van der Waals surface area contributed by atoms with E-state index in [1.807, 2.05) is 22.4 Å². The number of rotatable bonds is 6. The topological polar surface area (TPSA) is 82.8 Å². The molecule has 9 heteroatoms. The van der Waals surface area contributed by atoms with Crippen molar-refractivity contribution in [3.63, 3.8) is 0 Å². The van der Waals surface area contributed by atoms with Gasteiger partial charge in [-0.05, 0) is 37.6 Å². The van der Waals surface area contributed by atoms with Crippen LogP contribution in [0, 0.1) is 5.92 Å². The molecule has 2 aliphatic rings. The van der Waals surface area contributed by atoms with Crippen molar-refractivity contribution in [2.24, 2.45) is 10.9 Å². The third-order valence-corrected chi connectivity index (χ3v) is 6.68. The second kappa shape index (κ2) is 11.8. The SMILES string of the molecule is CCNC(=NCc1coc(-c2cccs2)n1)NC1CCN(C(=O)C2CCCCC2)C1.I. The van der Waals surface area contributed by atoms with E-state index in [1.54, 1.807) is 17.6 Å². The molecule has 1 unspecified atom stereocenters. The Morgan fingerprint density at radius 3 is 2.90 bits per heavy atom. The van der Waals surface area contributed by atoms with E-state index in [9.17, 15) is 4.79 Å². The summed E-state index contributed by atoms with van der Waals surface area (Å²) in [7, 11) is 0. The number of halogens is 1. The van der Waals surface area contributed by atoms with Crippen molar-refractivity contribution in [3.05, 3.63) is 29.5 Å². The number of aliphatic imine (C=N–C) groups is 1. The van der Waals surface area contributed by atoms with Crippen LogP contribution < -0.4 is 10.6 Å². The average molecular weight is 558 g/mol. The summed E-state index contributed by atoms with van der Waals surface area (Å²) in [6, 6.07) is 4.21. The highest BCUT2D eigenvalue weighted by Gasteiger charge is 2.31. The molecule has 2 aromatic rings. The smallest absolute Gasteiger partial charge is 0.236 e. The number of hydrogen-bond acceptors (Lipinski definition) is 5. The minimum absolute atomic E-state index is 0. The highest BCUT2D eigenvalue weighted by Crippen LogP contribution is 2.27. The minimum atomic E-state index is 0. The van der Waals surface area contributed by atoms with Crippen LogP contribution in [0.15, 0.2) is 33.2 Å². The van der Waals surface area contributed by atoms with E-state index in [0.29, 0.717) is 18.3 Å². The first-order chi connectivity index (χ1) is 14.7. The molecule has 0 radical (unpaired) electrons. The van der Waals surface area contributed by atoms with E-state index >= 15 is 0 Å². The molecule has 170 valence electrons. The second-order valence-electron chi connectivity index (χ2n) is 8.07. The number of oxazole rings is 1. The van der Waals surface area contributed by atoms with E-state index in [1.165, 1.54) is 19.3 Å². The van der Waals surface area contributed by atoms with E-state index in [-0.39, 0.29) is 35.9 Å². The van der Waals surface area contributed by atoms with Crippen LogP contribution in [-0.4, -0.2) is 47.4 Å². The first kappa shape index (κ1) is 24.0. The number of amides is 1. The number of nitrogens with one attached hydrogen (secondary N) is 2. The highest BCUT2D eigenvalue weighted by molar-refractivity contribution is 14.0. The van der Waals surface area contributed by atoms with Gasteiger partial charge in [0.25, 0.3) is 0 Å². The number of carbonyl (C=O) groups is 1. The predicted molar refractivity (Wildman–Crippen MR) is 135 cm³/mol. The molecule has 1 aliphatic carbocycles. The first-order valence-corrected chi connectivity index (χ1v) is 11.9. The van der Waals surface area contributed by atoms with Gasteiger partial charge in [0.05, 0.1) is 11.4 Å². The fourth-order valence-corrected chi connectivity index (χ4v) is 4.91. The molecular formula is C22H32IN5O2S. The summed E-state index contributed by atoms with van der Waals surface area (Å²) >= 11 is 1.61. The zero-order valence-electron chi connectivity index (χ0n) is 18.0. The van der Waals surface area contributed by atoms with Gasteiger partial charge in [0, 0.05) is 31.6 Å². The van der Waals surface area contributed by atoms with Gasteiger partial charge in [-0.1, -0.05) is 25.3 Å². The number of aromatic nitrogens is 1.